The Kier molecular flexibility index (Phi) is 6.99. The number of rotatable bonds is 8. The van der Waals surface area contributed by atoms with Gasteiger partial charge in [0.25, 0.3) is 5.91 Å². The number of aliphatic hydroxyl groups is 1. The molecule has 1 fully saturated rings. The van der Waals surface area contributed by atoms with Crippen LogP contribution in [0.5, 0.6) is 11.5 Å². The fraction of sp³-hybridized carbons (Fsp3) is 0.292. The number of ether oxygens (including phenoxy) is 2. The molecule has 2 atom stereocenters. The van der Waals surface area contributed by atoms with Crippen molar-refractivity contribution in [2.24, 2.45) is 5.73 Å². The van der Waals surface area contributed by atoms with Gasteiger partial charge in [-0.2, -0.15) is 9.97 Å². The molecular formula is C24H26N8O4S. The molecule has 1 aromatic carbocycles. The number of carbonyl (C=O) groups is 1. The van der Waals surface area contributed by atoms with Crippen LogP contribution in [0.4, 0.5) is 17.5 Å². The summed E-state index contributed by atoms with van der Waals surface area (Å²) in [5.41, 5.74) is 9.28. The molecule has 0 radical (unpaired) electrons. The van der Waals surface area contributed by atoms with Gasteiger partial charge in [0.05, 0.1) is 31.0 Å². The summed E-state index contributed by atoms with van der Waals surface area (Å²) in [6.45, 7) is 1.24. The van der Waals surface area contributed by atoms with Gasteiger partial charge in [0, 0.05) is 37.1 Å². The fourth-order valence-corrected chi connectivity index (χ4v) is 4.73. The summed E-state index contributed by atoms with van der Waals surface area (Å²) >= 11 is 1.43. The van der Waals surface area contributed by atoms with Gasteiger partial charge in [-0.3, -0.25) is 9.78 Å². The lowest BCUT2D eigenvalue weighted by Gasteiger charge is -2.18. The zero-order valence-corrected chi connectivity index (χ0v) is 21.0. The maximum absolute atomic E-state index is 12.7. The van der Waals surface area contributed by atoms with Crippen molar-refractivity contribution in [3.8, 4) is 11.5 Å². The summed E-state index contributed by atoms with van der Waals surface area (Å²) < 4.78 is 10.7. The minimum Gasteiger partial charge on any atom is -0.493 e. The van der Waals surface area contributed by atoms with E-state index in [1.165, 1.54) is 23.6 Å². The van der Waals surface area contributed by atoms with Crippen molar-refractivity contribution >= 4 is 45.0 Å². The summed E-state index contributed by atoms with van der Waals surface area (Å²) in [4.78, 5) is 33.4. The summed E-state index contributed by atoms with van der Waals surface area (Å²) in [7, 11) is 3.17. The Bertz CT molecular complexity index is 1410. The standard InChI is InChI=1S/C24H26N8O4S/c1-35-17-6-4-14(9-18(17)36-2)28-21-19-23(37-12-27-19)31-24(30-21)32-8-7-15(11-32)29-22(34)13-3-5-16(20(25)33)26-10-13/h3-6,9-10,12,15,20,33H,7-8,11,25H2,1-2H3,(H,29,34)(H,28,30,31). The minimum absolute atomic E-state index is 0.0877. The average Bonchev–Trinajstić information content (AvgIpc) is 3.58. The van der Waals surface area contributed by atoms with Crippen LogP contribution < -0.4 is 30.7 Å². The molecule has 4 aromatic rings. The molecular weight excluding hydrogens is 496 g/mol. The first kappa shape index (κ1) is 24.6. The molecule has 192 valence electrons. The van der Waals surface area contributed by atoms with Crippen LogP contribution in [0.1, 0.15) is 28.7 Å². The number of benzene rings is 1. The molecule has 3 aromatic heterocycles. The number of nitrogens with two attached hydrogens (primary N) is 1. The van der Waals surface area contributed by atoms with Crippen molar-refractivity contribution in [1.82, 2.24) is 25.3 Å². The second-order valence-corrected chi connectivity index (χ2v) is 9.23. The van der Waals surface area contributed by atoms with Crippen molar-refractivity contribution < 1.29 is 19.4 Å². The van der Waals surface area contributed by atoms with Gasteiger partial charge in [0.2, 0.25) is 5.95 Å². The second-order valence-electron chi connectivity index (χ2n) is 8.39. The van der Waals surface area contributed by atoms with Crippen LogP contribution in [0.25, 0.3) is 10.3 Å². The number of hydrogen-bond donors (Lipinski definition) is 4. The Morgan fingerprint density at radius 2 is 2.03 bits per heavy atom. The molecule has 0 bridgehead atoms. The fourth-order valence-electron chi connectivity index (χ4n) is 4.07. The molecule has 5 rings (SSSR count). The number of fused-ring (bicyclic) bond motifs is 1. The Morgan fingerprint density at radius 1 is 1.19 bits per heavy atom. The van der Waals surface area contributed by atoms with Crippen molar-refractivity contribution in [2.45, 2.75) is 18.7 Å². The Hall–Kier alpha value is -4.07. The molecule has 2 unspecified atom stereocenters. The number of anilines is 3. The molecule has 12 nitrogen and oxygen atoms in total. The number of amides is 1. The van der Waals surface area contributed by atoms with Crippen LogP contribution in [0.15, 0.2) is 42.0 Å². The highest BCUT2D eigenvalue weighted by atomic mass is 32.1. The van der Waals surface area contributed by atoms with E-state index in [2.05, 4.69) is 20.6 Å². The second kappa shape index (κ2) is 10.5. The monoisotopic (exact) mass is 522 g/mol. The van der Waals surface area contributed by atoms with E-state index >= 15 is 0 Å². The Labute approximate surface area is 216 Å². The van der Waals surface area contributed by atoms with Crippen molar-refractivity contribution in [2.75, 3.05) is 37.5 Å². The van der Waals surface area contributed by atoms with E-state index in [1.807, 2.05) is 23.1 Å². The highest BCUT2D eigenvalue weighted by Crippen LogP contribution is 2.33. The molecule has 4 heterocycles. The number of methoxy groups -OCH3 is 2. The van der Waals surface area contributed by atoms with Crippen molar-refractivity contribution in [3.63, 3.8) is 0 Å². The zero-order chi connectivity index (χ0) is 25.9. The highest BCUT2D eigenvalue weighted by Gasteiger charge is 2.27. The first-order valence-electron chi connectivity index (χ1n) is 11.5. The molecule has 13 heteroatoms. The highest BCUT2D eigenvalue weighted by molar-refractivity contribution is 7.16. The molecule has 0 aliphatic carbocycles. The normalized spacial score (nSPS) is 16.0. The third kappa shape index (κ3) is 5.23. The largest absolute Gasteiger partial charge is 0.493 e. The average molecular weight is 523 g/mol. The molecule has 5 N–H and O–H groups in total. The van der Waals surface area contributed by atoms with Gasteiger partial charge in [0.15, 0.2) is 22.1 Å². The summed E-state index contributed by atoms with van der Waals surface area (Å²) in [6.07, 6.45) is 0.962. The van der Waals surface area contributed by atoms with Crippen LogP contribution in [0.3, 0.4) is 0 Å². The van der Waals surface area contributed by atoms with E-state index in [4.69, 9.17) is 25.2 Å². The van der Waals surface area contributed by atoms with Crippen LogP contribution >= 0.6 is 11.3 Å². The summed E-state index contributed by atoms with van der Waals surface area (Å²) in [5, 5.41) is 15.8. The number of aliphatic hydroxyl groups excluding tert-OH is 1. The lowest BCUT2D eigenvalue weighted by Crippen LogP contribution is -2.37. The van der Waals surface area contributed by atoms with E-state index in [-0.39, 0.29) is 11.9 Å². The molecule has 0 saturated carbocycles. The number of hydrogen-bond acceptors (Lipinski definition) is 12. The lowest BCUT2D eigenvalue weighted by atomic mass is 10.2. The van der Waals surface area contributed by atoms with Crippen LogP contribution in [-0.2, 0) is 0 Å². The van der Waals surface area contributed by atoms with Gasteiger partial charge < -0.3 is 35.8 Å². The minimum atomic E-state index is -1.18. The number of carbonyl (C=O) groups excluding carboxylic acids is 1. The predicted molar refractivity (Wildman–Crippen MR) is 140 cm³/mol. The van der Waals surface area contributed by atoms with Gasteiger partial charge >= 0.3 is 0 Å². The van der Waals surface area contributed by atoms with Crippen LogP contribution in [0, 0.1) is 0 Å². The molecule has 1 aliphatic heterocycles. The molecule has 0 spiro atoms. The maximum Gasteiger partial charge on any atom is 0.253 e. The van der Waals surface area contributed by atoms with Gasteiger partial charge in [-0.1, -0.05) is 0 Å². The Balaban J connectivity index is 1.31. The smallest absolute Gasteiger partial charge is 0.253 e. The van der Waals surface area contributed by atoms with Gasteiger partial charge in [0.1, 0.15) is 11.7 Å². The van der Waals surface area contributed by atoms with Gasteiger partial charge in [-0.15, -0.1) is 11.3 Å². The third-order valence-electron chi connectivity index (χ3n) is 5.99. The topological polar surface area (TPSA) is 161 Å². The third-order valence-corrected chi connectivity index (χ3v) is 6.71. The molecule has 37 heavy (non-hydrogen) atoms. The maximum atomic E-state index is 12.7. The Morgan fingerprint density at radius 3 is 2.76 bits per heavy atom. The zero-order valence-electron chi connectivity index (χ0n) is 20.2. The van der Waals surface area contributed by atoms with E-state index in [9.17, 15) is 9.90 Å². The van der Waals surface area contributed by atoms with Crippen molar-refractivity contribution in [1.29, 1.82) is 0 Å². The van der Waals surface area contributed by atoms with E-state index in [0.29, 0.717) is 53.1 Å². The number of thiazole rings is 1. The van der Waals surface area contributed by atoms with Crippen LogP contribution in [0.2, 0.25) is 0 Å². The number of pyridine rings is 1. The van der Waals surface area contributed by atoms with Gasteiger partial charge in [-0.05, 0) is 30.7 Å². The molecule has 1 amide bonds. The molecule has 1 saturated heterocycles. The number of nitrogens with one attached hydrogen (secondary N) is 2. The quantitative estimate of drug-likeness (QED) is 0.251. The SMILES string of the molecule is COc1ccc(Nc2nc(N3CCC(NC(=O)c4ccc(C(N)O)nc4)C3)nc3scnc23)cc1OC. The van der Waals surface area contributed by atoms with E-state index in [0.717, 1.165) is 16.9 Å². The number of nitrogens with zero attached hydrogens (tertiary/aromatic N) is 5. The van der Waals surface area contributed by atoms with Crippen LogP contribution in [-0.4, -0.2) is 64.3 Å². The number of aromatic nitrogens is 4. The van der Waals surface area contributed by atoms with Gasteiger partial charge in [-0.25, -0.2) is 4.98 Å². The van der Waals surface area contributed by atoms with E-state index < -0.39 is 6.23 Å². The van der Waals surface area contributed by atoms with E-state index in [1.54, 1.807) is 25.8 Å². The first-order valence-corrected chi connectivity index (χ1v) is 12.4. The summed E-state index contributed by atoms with van der Waals surface area (Å²) in [6, 6.07) is 8.55. The lowest BCUT2D eigenvalue weighted by molar-refractivity contribution is 0.0939. The molecule has 1 aliphatic rings. The summed E-state index contributed by atoms with van der Waals surface area (Å²) in [5.74, 6) is 2.11. The first-order chi connectivity index (χ1) is 17.9. The van der Waals surface area contributed by atoms with Crippen molar-refractivity contribution in [3.05, 3.63) is 53.3 Å². The predicted octanol–water partition coefficient (Wildman–Crippen LogP) is 2.20.